The summed E-state index contributed by atoms with van der Waals surface area (Å²) in [7, 11) is 0. The first-order chi connectivity index (χ1) is 10.2. The maximum Gasteiger partial charge on any atom is 0.321 e. The molecule has 1 aliphatic heterocycles. The van der Waals surface area contributed by atoms with Gasteiger partial charge in [-0.3, -0.25) is 9.69 Å². The molecule has 0 spiro atoms. The molecule has 0 aliphatic carbocycles. The second-order valence-electron chi connectivity index (χ2n) is 5.44. The number of hydrogen-bond donors (Lipinski definition) is 1. The van der Waals surface area contributed by atoms with E-state index in [4.69, 9.17) is 4.42 Å². The van der Waals surface area contributed by atoms with Gasteiger partial charge in [0.15, 0.2) is 0 Å². The molecule has 2 heterocycles. The zero-order valence-electron chi connectivity index (χ0n) is 12.0. The second-order valence-corrected chi connectivity index (χ2v) is 5.44. The third kappa shape index (κ3) is 2.59. The number of aliphatic carboxylic acids is 1. The van der Waals surface area contributed by atoms with E-state index >= 15 is 0 Å². The summed E-state index contributed by atoms with van der Waals surface area (Å²) in [4.78, 5) is 13.7. The van der Waals surface area contributed by atoms with E-state index in [0.717, 1.165) is 17.7 Å². The lowest BCUT2D eigenvalue weighted by Crippen LogP contribution is -2.47. The van der Waals surface area contributed by atoms with Gasteiger partial charge in [0.25, 0.3) is 0 Å². The molecule has 2 unspecified atom stereocenters. The van der Waals surface area contributed by atoms with Crippen molar-refractivity contribution in [2.45, 2.75) is 38.4 Å². The van der Waals surface area contributed by atoms with E-state index in [1.807, 2.05) is 35.2 Å². The molecule has 1 aliphatic rings. The van der Waals surface area contributed by atoms with E-state index in [-0.39, 0.29) is 6.04 Å². The monoisotopic (exact) mass is 285 g/mol. The summed E-state index contributed by atoms with van der Waals surface area (Å²) in [5, 5.41) is 9.60. The van der Waals surface area contributed by atoms with E-state index in [9.17, 15) is 9.90 Å². The van der Waals surface area contributed by atoms with Crippen LogP contribution in [0.25, 0.3) is 0 Å². The van der Waals surface area contributed by atoms with Gasteiger partial charge in [-0.25, -0.2) is 0 Å². The molecule has 1 aromatic heterocycles. The van der Waals surface area contributed by atoms with Crippen molar-refractivity contribution in [3.8, 4) is 0 Å². The van der Waals surface area contributed by atoms with Gasteiger partial charge in [-0.15, -0.1) is 0 Å². The number of benzene rings is 1. The third-order valence-corrected chi connectivity index (χ3v) is 4.23. The summed E-state index contributed by atoms with van der Waals surface area (Å²) >= 11 is 0. The maximum atomic E-state index is 11.7. The van der Waals surface area contributed by atoms with E-state index < -0.39 is 12.0 Å². The lowest BCUT2D eigenvalue weighted by atomic mass is 9.91. The topological polar surface area (TPSA) is 53.7 Å². The van der Waals surface area contributed by atoms with Crippen molar-refractivity contribution in [1.82, 2.24) is 4.90 Å². The van der Waals surface area contributed by atoms with Gasteiger partial charge in [0.05, 0.1) is 12.3 Å². The predicted octanol–water partition coefficient (Wildman–Crippen LogP) is 3.24. The van der Waals surface area contributed by atoms with E-state index in [2.05, 4.69) is 13.0 Å². The second kappa shape index (κ2) is 5.74. The van der Waals surface area contributed by atoms with Crippen LogP contribution in [-0.2, 0) is 17.8 Å². The summed E-state index contributed by atoms with van der Waals surface area (Å²) in [5.41, 5.74) is 2.34. The highest BCUT2D eigenvalue weighted by Gasteiger charge is 2.36. The molecule has 4 heteroatoms. The third-order valence-electron chi connectivity index (χ3n) is 4.23. The summed E-state index contributed by atoms with van der Waals surface area (Å²) in [6.07, 6.45) is 3.01. The van der Waals surface area contributed by atoms with Crippen LogP contribution in [0.4, 0.5) is 0 Å². The Hall–Kier alpha value is -2.07. The molecule has 0 amide bonds. The van der Waals surface area contributed by atoms with Crippen molar-refractivity contribution in [1.29, 1.82) is 0 Å². The van der Waals surface area contributed by atoms with E-state index in [1.54, 1.807) is 6.26 Å². The molecular weight excluding hydrogens is 266 g/mol. The first-order valence-electron chi connectivity index (χ1n) is 7.29. The molecule has 2 aromatic rings. The van der Waals surface area contributed by atoms with Crippen LogP contribution in [0.2, 0.25) is 0 Å². The van der Waals surface area contributed by atoms with Crippen LogP contribution in [-0.4, -0.2) is 22.0 Å². The Morgan fingerprint density at radius 2 is 2.10 bits per heavy atom. The highest BCUT2D eigenvalue weighted by atomic mass is 16.4. The number of fused-ring (bicyclic) bond motifs is 1. The Morgan fingerprint density at radius 3 is 2.71 bits per heavy atom. The fourth-order valence-electron chi connectivity index (χ4n) is 3.18. The maximum absolute atomic E-state index is 11.7. The van der Waals surface area contributed by atoms with Crippen molar-refractivity contribution in [3.63, 3.8) is 0 Å². The minimum absolute atomic E-state index is 0.00513. The van der Waals surface area contributed by atoms with Crippen molar-refractivity contribution in [3.05, 3.63) is 59.5 Å². The Labute approximate surface area is 124 Å². The summed E-state index contributed by atoms with van der Waals surface area (Å²) in [6, 6.07) is 11.3. The first-order valence-corrected chi connectivity index (χ1v) is 7.29. The number of carbonyl (C=O) groups is 1. The van der Waals surface area contributed by atoms with Crippen molar-refractivity contribution in [2.75, 3.05) is 0 Å². The van der Waals surface area contributed by atoms with Gasteiger partial charge in [0.2, 0.25) is 0 Å². The predicted molar refractivity (Wildman–Crippen MR) is 78.9 cm³/mol. The summed E-state index contributed by atoms with van der Waals surface area (Å²) < 4.78 is 5.52. The average molecular weight is 285 g/mol. The standard InChI is InChI=1S/C17H19NO3/c1-2-14(16-8-5-9-21-16)18-11-13-7-4-3-6-12(13)10-15(18)17(19)20/h3-9,14-15H,2,10-11H2,1H3,(H,19,20). The van der Waals surface area contributed by atoms with Crippen LogP contribution in [0.5, 0.6) is 0 Å². The molecule has 0 radical (unpaired) electrons. The number of nitrogens with zero attached hydrogens (tertiary/aromatic N) is 1. The molecule has 4 nitrogen and oxygen atoms in total. The molecule has 3 rings (SSSR count). The smallest absolute Gasteiger partial charge is 0.321 e. The molecule has 110 valence electrons. The van der Waals surface area contributed by atoms with Gasteiger partial charge in [-0.2, -0.15) is 0 Å². The van der Waals surface area contributed by atoms with E-state index in [0.29, 0.717) is 13.0 Å². The van der Waals surface area contributed by atoms with Crippen LogP contribution < -0.4 is 0 Å². The van der Waals surface area contributed by atoms with Gasteiger partial charge < -0.3 is 9.52 Å². The first kappa shape index (κ1) is 13.9. The molecular formula is C17H19NO3. The Bertz CT molecular complexity index is 621. The zero-order chi connectivity index (χ0) is 14.8. The van der Waals surface area contributed by atoms with Crippen LogP contribution in [0, 0.1) is 0 Å². The van der Waals surface area contributed by atoms with Gasteiger partial charge in [0.1, 0.15) is 11.8 Å². The van der Waals surface area contributed by atoms with Gasteiger partial charge in [-0.1, -0.05) is 31.2 Å². The largest absolute Gasteiger partial charge is 0.480 e. The molecule has 2 atom stereocenters. The van der Waals surface area contributed by atoms with Crippen LogP contribution >= 0.6 is 0 Å². The average Bonchev–Trinajstić information content (AvgIpc) is 3.01. The number of carboxylic acid groups (broad SMARTS) is 1. The molecule has 0 saturated carbocycles. The Kier molecular flexibility index (Phi) is 3.80. The Morgan fingerprint density at radius 1 is 1.33 bits per heavy atom. The number of rotatable bonds is 4. The molecule has 0 saturated heterocycles. The van der Waals surface area contributed by atoms with Gasteiger partial charge >= 0.3 is 5.97 Å². The number of hydrogen-bond acceptors (Lipinski definition) is 3. The summed E-state index contributed by atoms with van der Waals surface area (Å²) in [5.74, 6) is 0.0673. The SMILES string of the molecule is CCC(c1ccco1)N1Cc2ccccc2CC1C(=O)O. The summed E-state index contributed by atoms with van der Waals surface area (Å²) in [6.45, 7) is 2.71. The lowest BCUT2D eigenvalue weighted by Gasteiger charge is -2.38. The fraction of sp³-hybridized carbons (Fsp3) is 0.353. The molecule has 21 heavy (non-hydrogen) atoms. The Balaban J connectivity index is 1.97. The zero-order valence-corrected chi connectivity index (χ0v) is 12.0. The number of carboxylic acids is 1. The fourth-order valence-corrected chi connectivity index (χ4v) is 3.18. The van der Waals surface area contributed by atoms with Gasteiger partial charge in [-0.05, 0) is 36.1 Å². The van der Waals surface area contributed by atoms with Crippen LogP contribution in [0.1, 0.15) is 36.3 Å². The van der Waals surface area contributed by atoms with Crippen LogP contribution in [0.3, 0.4) is 0 Å². The highest BCUT2D eigenvalue weighted by Crippen LogP contribution is 2.33. The molecule has 1 aromatic carbocycles. The highest BCUT2D eigenvalue weighted by molar-refractivity contribution is 5.74. The molecule has 0 fully saturated rings. The van der Waals surface area contributed by atoms with E-state index in [1.165, 1.54) is 5.56 Å². The van der Waals surface area contributed by atoms with Crippen LogP contribution in [0.15, 0.2) is 47.1 Å². The normalized spacial score (nSPS) is 20.0. The van der Waals surface area contributed by atoms with Crippen molar-refractivity contribution < 1.29 is 14.3 Å². The number of furan rings is 1. The minimum atomic E-state index is -0.769. The lowest BCUT2D eigenvalue weighted by molar-refractivity contribution is -0.145. The van der Waals surface area contributed by atoms with Gasteiger partial charge in [0, 0.05) is 6.54 Å². The molecule has 1 N–H and O–H groups in total. The van der Waals surface area contributed by atoms with Crippen molar-refractivity contribution in [2.24, 2.45) is 0 Å². The molecule has 0 bridgehead atoms. The quantitative estimate of drug-likeness (QED) is 0.937. The minimum Gasteiger partial charge on any atom is -0.480 e. The van der Waals surface area contributed by atoms with Crippen molar-refractivity contribution >= 4 is 5.97 Å².